The Labute approximate surface area is 240 Å². The summed E-state index contributed by atoms with van der Waals surface area (Å²) in [6, 6.07) is -0.671. The average molecular weight is 643 g/mol. The number of rotatable bonds is 9. The zero-order valence-electron chi connectivity index (χ0n) is 23.7. The van der Waals surface area contributed by atoms with Gasteiger partial charge < -0.3 is 30.3 Å². The lowest BCUT2D eigenvalue weighted by Gasteiger charge is -2.39. The molecule has 8 nitrogen and oxygen atoms in total. The summed E-state index contributed by atoms with van der Waals surface area (Å²) >= 11 is 0. The molecule has 0 aromatic heterocycles. The topological polar surface area (TPSA) is 91.9 Å². The summed E-state index contributed by atoms with van der Waals surface area (Å²) in [4.78, 5) is 26.1. The molecule has 246 valence electrons. The number of hydrogen-bond donors (Lipinski definition) is 3. The summed E-state index contributed by atoms with van der Waals surface area (Å²) in [5.74, 6) is -4.34. The number of nitrogens with zero attached hydrogens (tertiary/aromatic N) is 1. The van der Waals surface area contributed by atoms with Crippen LogP contribution >= 0.6 is 0 Å². The summed E-state index contributed by atoms with van der Waals surface area (Å²) in [5.41, 5.74) is -7.73. The average Bonchev–Trinajstić information content (AvgIpc) is 2.86. The van der Waals surface area contributed by atoms with Gasteiger partial charge in [-0.25, -0.2) is 27.2 Å². The van der Waals surface area contributed by atoms with Crippen molar-refractivity contribution in [2.24, 2.45) is 5.92 Å². The zero-order valence-corrected chi connectivity index (χ0v) is 23.7. The Hall–Kier alpha value is -3.34. The van der Waals surface area contributed by atoms with Crippen LogP contribution in [0.3, 0.4) is 0 Å². The largest absolute Gasteiger partial charge is 0.493 e. The van der Waals surface area contributed by atoms with E-state index in [1.54, 1.807) is 5.32 Å². The fraction of sp³-hybridized carbons (Fsp3) is 0.680. The first-order valence-corrected chi connectivity index (χ1v) is 12.7. The van der Waals surface area contributed by atoms with E-state index in [0.717, 1.165) is 16.3 Å². The van der Waals surface area contributed by atoms with E-state index >= 15 is 0 Å². The van der Waals surface area contributed by atoms with Crippen LogP contribution in [0.15, 0.2) is 12.1 Å². The summed E-state index contributed by atoms with van der Waals surface area (Å²) < 4.78 is 145. The summed E-state index contributed by atoms with van der Waals surface area (Å²) in [6.45, 7) is 0.528. The van der Waals surface area contributed by atoms with Gasteiger partial charge in [0.15, 0.2) is 17.0 Å². The van der Waals surface area contributed by atoms with Crippen LogP contribution in [0.2, 0.25) is 0 Å². The van der Waals surface area contributed by atoms with Crippen molar-refractivity contribution in [2.75, 3.05) is 32.6 Å². The van der Waals surface area contributed by atoms with Crippen molar-refractivity contribution in [2.45, 2.75) is 75.8 Å². The van der Waals surface area contributed by atoms with Crippen molar-refractivity contribution in [3.63, 3.8) is 0 Å². The molecule has 18 heteroatoms. The third-order valence-corrected chi connectivity index (χ3v) is 7.34. The molecule has 0 bridgehead atoms. The Morgan fingerprint density at radius 1 is 0.953 bits per heavy atom. The van der Waals surface area contributed by atoms with Gasteiger partial charge in [-0.1, -0.05) is 0 Å². The smallest absolute Gasteiger partial charge is 0.420 e. The summed E-state index contributed by atoms with van der Waals surface area (Å²) in [7, 11) is 2.43. The molecule has 3 N–H and O–H groups in total. The number of carbonyl (C=O) groups is 2. The molecule has 2 rings (SSSR count). The van der Waals surface area contributed by atoms with Gasteiger partial charge in [-0.15, -0.1) is 0 Å². The van der Waals surface area contributed by atoms with Crippen molar-refractivity contribution in [3.8, 4) is 11.5 Å². The number of methoxy groups -OCH3 is 2. The van der Waals surface area contributed by atoms with Gasteiger partial charge in [0.1, 0.15) is 0 Å². The molecule has 1 aliphatic heterocycles. The molecule has 2 atom stereocenters. The van der Waals surface area contributed by atoms with Crippen molar-refractivity contribution < 1.29 is 63.0 Å². The highest BCUT2D eigenvalue weighted by molar-refractivity contribution is 5.90. The second kappa shape index (κ2) is 12.7. The number of carbonyl (C=O) groups excluding carboxylic acids is 2. The molecule has 1 saturated heterocycles. The molecular weight excluding hydrogens is 610 g/mol. The highest BCUT2D eigenvalue weighted by Gasteiger charge is 2.68. The predicted molar refractivity (Wildman–Crippen MR) is 134 cm³/mol. The second-order valence-corrected chi connectivity index (χ2v) is 10.6. The van der Waals surface area contributed by atoms with Crippen molar-refractivity contribution >= 4 is 17.7 Å². The number of nitrogens with one attached hydrogen (secondary N) is 3. The number of hydrogen-bond acceptors (Lipinski definition) is 4. The third kappa shape index (κ3) is 7.79. The monoisotopic (exact) mass is 642 g/mol. The molecule has 4 amide bonds. The lowest BCUT2D eigenvalue weighted by Crippen LogP contribution is -2.66. The molecule has 1 aromatic rings. The van der Waals surface area contributed by atoms with Crippen LogP contribution in [-0.2, 0) is 6.42 Å². The Kier molecular flexibility index (Phi) is 10.6. The minimum absolute atomic E-state index is 0.0410. The lowest BCUT2D eigenvalue weighted by molar-refractivity contribution is -0.297. The van der Waals surface area contributed by atoms with Crippen LogP contribution in [0.25, 0.3) is 0 Å². The molecule has 2 unspecified atom stereocenters. The first-order valence-electron chi connectivity index (χ1n) is 12.7. The van der Waals surface area contributed by atoms with Crippen LogP contribution in [0.1, 0.15) is 39.2 Å². The molecule has 43 heavy (non-hydrogen) atoms. The van der Waals surface area contributed by atoms with Gasteiger partial charge in [-0.05, 0) is 45.1 Å². The van der Waals surface area contributed by atoms with E-state index in [-0.39, 0.29) is 56.1 Å². The van der Waals surface area contributed by atoms with Gasteiger partial charge in [0.25, 0.3) is 12.3 Å². The van der Waals surface area contributed by atoms with Gasteiger partial charge in [-0.2, -0.15) is 26.3 Å². The normalized spacial score (nSPS) is 18.1. The molecule has 0 saturated carbocycles. The van der Waals surface area contributed by atoms with Crippen molar-refractivity contribution in [1.29, 1.82) is 0 Å². The number of likely N-dealkylation sites (tertiary alicyclic amines) is 1. The molecule has 0 spiro atoms. The van der Waals surface area contributed by atoms with E-state index in [0.29, 0.717) is 19.8 Å². The molecule has 0 radical (unpaired) electrons. The van der Waals surface area contributed by atoms with Crippen LogP contribution in [0.4, 0.5) is 59.2 Å². The molecule has 1 fully saturated rings. The van der Waals surface area contributed by atoms with E-state index in [4.69, 9.17) is 9.47 Å². The maximum absolute atomic E-state index is 13.9. The molecule has 0 aliphatic carbocycles. The maximum Gasteiger partial charge on any atom is 0.420 e. The van der Waals surface area contributed by atoms with E-state index in [2.05, 4.69) is 0 Å². The van der Waals surface area contributed by atoms with Crippen molar-refractivity contribution in [1.82, 2.24) is 15.5 Å². The van der Waals surface area contributed by atoms with E-state index < -0.39 is 53.8 Å². The number of benzene rings is 1. The minimum Gasteiger partial charge on any atom is -0.493 e. The Morgan fingerprint density at radius 2 is 1.53 bits per heavy atom. The third-order valence-electron chi connectivity index (χ3n) is 7.34. The van der Waals surface area contributed by atoms with Crippen LogP contribution < -0.4 is 25.4 Å². The number of alkyl halides is 10. The number of anilines is 1. The quantitative estimate of drug-likeness (QED) is 0.274. The number of piperidine rings is 1. The fourth-order valence-electron chi connectivity index (χ4n) is 4.34. The summed E-state index contributed by atoms with van der Waals surface area (Å²) in [5, 5.41) is 4.56. The number of halogens is 10. The van der Waals surface area contributed by atoms with Crippen molar-refractivity contribution in [3.05, 3.63) is 17.7 Å². The maximum atomic E-state index is 13.9. The van der Waals surface area contributed by atoms with Gasteiger partial charge in [0.05, 0.1) is 14.2 Å². The van der Waals surface area contributed by atoms with E-state index in [9.17, 15) is 53.5 Å². The van der Waals surface area contributed by atoms with Gasteiger partial charge in [0, 0.05) is 37.3 Å². The Morgan fingerprint density at radius 3 is 2.00 bits per heavy atom. The first kappa shape index (κ1) is 35.9. The highest BCUT2D eigenvalue weighted by atomic mass is 19.4. The summed E-state index contributed by atoms with van der Waals surface area (Å²) in [6.07, 6.45) is -14.5. The van der Waals surface area contributed by atoms with Gasteiger partial charge >= 0.3 is 24.4 Å². The molecule has 1 aliphatic rings. The van der Waals surface area contributed by atoms with Crippen LogP contribution in [-0.4, -0.2) is 80.0 Å². The number of amides is 4. The van der Waals surface area contributed by atoms with Gasteiger partial charge in [-0.3, -0.25) is 0 Å². The SMILES string of the molecule is COc1cc(NC(=O)NC(C)(C(F)(F)F)C(F)(F)F)cc(CC2CCCN(C(=O)NC(C)(C(F)F)C(C)(F)F)C2)c1OC. The van der Waals surface area contributed by atoms with E-state index in [1.165, 1.54) is 20.3 Å². The highest BCUT2D eigenvalue weighted by Crippen LogP contribution is 2.43. The molecule has 1 aromatic carbocycles. The lowest BCUT2D eigenvalue weighted by atomic mass is 9.90. The standard InChI is InChI=1S/C25H32F10N4O4/c1-21(18(26)27,23(3,28)29)38-20(41)39-8-6-7-13(12-39)9-14-10-15(11-16(42-4)17(14)43-5)36-19(40)37-22(2,24(30,31)32)25(33,34)35/h10-11,13,18H,6-9,12H2,1-5H3,(H,38,41)(H2,36,37,40). The van der Waals surface area contributed by atoms with Crippen LogP contribution in [0.5, 0.6) is 11.5 Å². The fourth-order valence-corrected chi connectivity index (χ4v) is 4.34. The van der Waals surface area contributed by atoms with Gasteiger partial charge in [0.2, 0.25) is 5.54 Å². The molecular formula is C25H32F10N4O4. The second-order valence-electron chi connectivity index (χ2n) is 10.6. The van der Waals surface area contributed by atoms with Crippen LogP contribution in [0, 0.1) is 5.92 Å². The number of urea groups is 2. The predicted octanol–water partition coefficient (Wildman–Crippen LogP) is 6.35. The Balaban J connectivity index is 2.30. The van der Waals surface area contributed by atoms with E-state index in [1.807, 2.05) is 5.32 Å². The number of ether oxygens (including phenoxy) is 2. The first-order chi connectivity index (χ1) is 19.5. The zero-order chi connectivity index (χ0) is 33.2. The Bertz CT molecular complexity index is 1140. The minimum atomic E-state index is -5.88. The molecule has 1 heterocycles.